The maximum Gasteiger partial charge on any atom is 0.133 e. The molecule has 0 amide bonds. The zero-order chi connectivity index (χ0) is 10.8. The van der Waals surface area contributed by atoms with Crippen molar-refractivity contribution < 1.29 is 4.84 Å². The van der Waals surface area contributed by atoms with Crippen molar-refractivity contribution in [3.05, 3.63) is 40.7 Å². The van der Waals surface area contributed by atoms with Crippen LogP contribution in [0.5, 0.6) is 0 Å². The quantitative estimate of drug-likeness (QED) is 0.776. The molecule has 4 heteroatoms. The Balaban J connectivity index is 2.31. The van der Waals surface area contributed by atoms with E-state index < -0.39 is 0 Å². The van der Waals surface area contributed by atoms with Crippen LogP contribution in [-0.2, 0) is 4.84 Å². The van der Waals surface area contributed by atoms with Crippen molar-refractivity contribution in [2.45, 2.75) is 18.9 Å². The third-order valence-corrected chi connectivity index (χ3v) is 2.88. The van der Waals surface area contributed by atoms with E-state index in [1.165, 1.54) is 0 Å². The van der Waals surface area contributed by atoms with Crippen LogP contribution in [0, 0.1) is 6.92 Å². The van der Waals surface area contributed by atoms with Crippen LogP contribution < -0.4 is 0 Å². The summed E-state index contributed by atoms with van der Waals surface area (Å²) in [4.78, 5) is 5.12. The zero-order valence-corrected chi connectivity index (χ0v) is 9.42. The zero-order valence-electron chi connectivity index (χ0n) is 7.91. The Bertz CT molecular complexity index is 383. The molecule has 0 aromatic heterocycles. The van der Waals surface area contributed by atoms with Gasteiger partial charge in [0.05, 0.1) is 15.8 Å². The van der Waals surface area contributed by atoms with Gasteiger partial charge in [0.2, 0.25) is 0 Å². The Hall–Kier alpha value is -0.730. The fourth-order valence-electron chi connectivity index (χ4n) is 1.48. The van der Waals surface area contributed by atoms with E-state index in [9.17, 15) is 0 Å². The maximum absolute atomic E-state index is 6.05. The number of benzene rings is 1. The molecule has 0 saturated heterocycles. The van der Waals surface area contributed by atoms with Gasteiger partial charge in [-0.1, -0.05) is 34.4 Å². The van der Waals surface area contributed by atoms with Crippen LogP contribution in [0.3, 0.4) is 0 Å². The van der Waals surface area contributed by atoms with Crippen molar-refractivity contribution >= 4 is 28.9 Å². The first-order valence-electron chi connectivity index (χ1n) is 4.59. The van der Waals surface area contributed by atoms with Gasteiger partial charge in [-0.15, -0.1) is 0 Å². The van der Waals surface area contributed by atoms with E-state index in [1.54, 1.807) is 18.2 Å². The van der Waals surface area contributed by atoms with Crippen molar-refractivity contribution in [1.29, 1.82) is 0 Å². The second kappa shape index (κ2) is 4.42. The predicted octanol–water partition coefficient (Wildman–Crippen LogP) is 3.59. The molecule has 2 nitrogen and oxygen atoms in total. The van der Waals surface area contributed by atoms with E-state index in [-0.39, 0.29) is 6.10 Å². The first-order valence-corrected chi connectivity index (χ1v) is 5.35. The van der Waals surface area contributed by atoms with Gasteiger partial charge in [0.15, 0.2) is 0 Å². The summed E-state index contributed by atoms with van der Waals surface area (Å²) in [5.41, 5.74) is 1.51. The highest BCUT2D eigenvalue weighted by atomic mass is 35.5. The lowest BCUT2D eigenvalue weighted by atomic mass is 10.0. The van der Waals surface area contributed by atoms with Crippen LogP contribution >= 0.6 is 23.2 Å². The number of hydrogen-bond donors (Lipinski definition) is 0. The van der Waals surface area contributed by atoms with Crippen molar-refractivity contribution in [2.24, 2.45) is 5.16 Å². The number of oxime groups is 1. The van der Waals surface area contributed by atoms with Gasteiger partial charge in [0, 0.05) is 12.0 Å². The van der Waals surface area contributed by atoms with Crippen LogP contribution in [-0.4, -0.2) is 11.8 Å². The fourth-order valence-corrected chi connectivity index (χ4v) is 2.09. The minimum Gasteiger partial charge on any atom is -0.392 e. The summed E-state index contributed by atoms with van der Waals surface area (Å²) in [5, 5.41) is 5.12. The molecule has 2 rings (SSSR count). The van der Waals surface area contributed by atoms with Crippen LogP contribution in [0.4, 0.5) is 0 Å². The van der Waals surface area contributed by atoms with Gasteiger partial charge in [0.25, 0.3) is 0 Å². The summed E-state index contributed by atoms with van der Waals surface area (Å²) in [7, 11) is 0. The second-order valence-corrected chi connectivity index (χ2v) is 4.12. The molecule has 0 aliphatic carbocycles. The molecule has 1 aromatic carbocycles. The first kappa shape index (κ1) is 10.8. The first-order chi connectivity index (χ1) is 7.22. The largest absolute Gasteiger partial charge is 0.392 e. The van der Waals surface area contributed by atoms with Gasteiger partial charge in [-0.3, -0.25) is 0 Å². The van der Waals surface area contributed by atoms with Gasteiger partial charge in [0.1, 0.15) is 6.10 Å². The average Bonchev–Trinajstić information content (AvgIpc) is 2.66. The molecular formula is C11H9Cl2NO. The lowest BCUT2D eigenvalue weighted by Gasteiger charge is -2.05. The topological polar surface area (TPSA) is 21.6 Å². The Morgan fingerprint density at radius 1 is 1.40 bits per heavy atom. The summed E-state index contributed by atoms with van der Waals surface area (Å²) in [6.45, 7) is 5.49. The molecule has 0 fully saturated rings. The van der Waals surface area contributed by atoms with E-state index in [0.717, 1.165) is 11.3 Å². The smallest absolute Gasteiger partial charge is 0.133 e. The van der Waals surface area contributed by atoms with Gasteiger partial charge < -0.3 is 4.84 Å². The monoisotopic (exact) mass is 241 g/mol. The van der Waals surface area contributed by atoms with Crippen molar-refractivity contribution in [3.8, 4) is 0 Å². The minimum absolute atomic E-state index is 0.0626. The van der Waals surface area contributed by atoms with E-state index in [4.69, 9.17) is 35.0 Å². The molecule has 78 valence electrons. The molecule has 1 aliphatic heterocycles. The van der Waals surface area contributed by atoms with Gasteiger partial charge in [-0.05, 0) is 25.5 Å². The third-order valence-electron chi connectivity index (χ3n) is 2.25. The Morgan fingerprint density at radius 2 is 2.07 bits per heavy atom. The summed E-state index contributed by atoms with van der Waals surface area (Å²) in [6, 6.07) is 5.35. The minimum atomic E-state index is -0.0626. The Kier molecular flexibility index (Phi) is 3.17. The molecule has 2 radical (unpaired) electrons. The van der Waals surface area contributed by atoms with Gasteiger partial charge in [-0.25, -0.2) is 0 Å². The molecule has 1 aromatic rings. The Labute approximate surface area is 98.8 Å². The number of nitrogens with zero attached hydrogens (tertiary/aromatic N) is 1. The molecule has 1 aliphatic rings. The molecule has 1 heterocycles. The second-order valence-electron chi connectivity index (χ2n) is 3.30. The molecular weight excluding hydrogens is 233 g/mol. The van der Waals surface area contributed by atoms with Gasteiger partial charge in [-0.2, -0.15) is 0 Å². The Morgan fingerprint density at radius 3 is 2.60 bits per heavy atom. The van der Waals surface area contributed by atoms with Crippen LogP contribution in [0.1, 0.15) is 18.4 Å². The van der Waals surface area contributed by atoms with Crippen molar-refractivity contribution in [2.75, 3.05) is 0 Å². The van der Waals surface area contributed by atoms with Gasteiger partial charge >= 0.3 is 0 Å². The predicted molar refractivity (Wildman–Crippen MR) is 61.4 cm³/mol. The number of hydrogen-bond acceptors (Lipinski definition) is 2. The molecule has 0 spiro atoms. The highest BCUT2D eigenvalue weighted by Crippen LogP contribution is 2.29. The van der Waals surface area contributed by atoms with E-state index in [2.05, 4.69) is 5.16 Å². The van der Waals surface area contributed by atoms with E-state index >= 15 is 0 Å². The van der Waals surface area contributed by atoms with Crippen LogP contribution in [0.2, 0.25) is 10.0 Å². The lowest BCUT2D eigenvalue weighted by Crippen LogP contribution is -2.07. The molecule has 1 atom stereocenters. The summed E-state index contributed by atoms with van der Waals surface area (Å²) >= 11 is 12.1. The fraction of sp³-hybridized carbons (Fsp3) is 0.273. The molecule has 1 unspecified atom stereocenters. The number of halogens is 2. The molecule has 0 bridgehead atoms. The normalized spacial score (nSPS) is 19.9. The molecule has 15 heavy (non-hydrogen) atoms. The van der Waals surface area contributed by atoms with Crippen LogP contribution in [0.25, 0.3) is 0 Å². The highest BCUT2D eigenvalue weighted by molar-refractivity contribution is 6.40. The van der Waals surface area contributed by atoms with Crippen molar-refractivity contribution in [1.82, 2.24) is 0 Å². The van der Waals surface area contributed by atoms with E-state index in [0.29, 0.717) is 22.9 Å². The van der Waals surface area contributed by atoms with Crippen molar-refractivity contribution in [3.63, 3.8) is 0 Å². The summed E-state index contributed by atoms with van der Waals surface area (Å²) in [5.74, 6) is 0. The summed E-state index contributed by atoms with van der Waals surface area (Å²) < 4.78 is 0. The van der Waals surface area contributed by atoms with E-state index in [1.807, 2.05) is 0 Å². The average molecular weight is 242 g/mol. The van der Waals surface area contributed by atoms with Crippen LogP contribution in [0.15, 0.2) is 23.4 Å². The lowest BCUT2D eigenvalue weighted by molar-refractivity contribution is 0.0874. The summed E-state index contributed by atoms with van der Waals surface area (Å²) in [6.07, 6.45) is 1.03. The maximum atomic E-state index is 6.05. The number of rotatable bonds is 2. The SMILES string of the molecule is [CH]CC1CC(c2c(Cl)cccc2Cl)=NO1. The molecule has 0 saturated carbocycles. The molecule has 0 N–H and O–H groups in total. The highest BCUT2D eigenvalue weighted by Gasteiger charge is 2.23. The standard InChI is InChI=1S/C11H9Cl2NO/c1-2-7-6-10(14-15-7)11-8(12)4-3-5-9(11)13/h1,3-5,7H,2,6H2. The third kappa shape index (κ3) is 2.11.